The van der Waals surface area contributed by atoms with Crippen LogP contribution < -0.4 is 0 Å². The molecule has 0 radical (unpaired) electrons. The Morgan fingerprint density at radius 1 is 1.62 bits per heavy atom. The van der Waals surface area contributed by atoms with Crippen LogP contribution >= 0.6 is 15.9 Å². The summed E-state index contributed by atoms with van der Waals surface area (Å²) in [6.45, 7) is 3.47. The minimum Gasteiger partial charge on any atom is -0.375 e. The van der Waals surface area contributed by atoms with Crippen LogP contribution in [0.5, 0.6) is 0 Å². The van der Waals surface area contributed by atoms with Gasteiger partial charge < -0.3 is 4.74 Å². The summed E-state index contributed by atoms with van der Waals surface area (Å²) in [5, 5.41) is 0. The van der Waals surface area contributed by atoms with Crippen molar-refractivity contribution in [2.75, 3.05) is 24.4 Å². The lowest BCUT2D eigenvalue weighted by molar-refractivity contribution is -0.00261. The Kier molecular flexibility index (Phi) is 4.15. The lowest BCUT2D eigenvalue weighted by atomic mass is 10.2. The van der Waals surface area contributed by atoms with Gasteiger partial charge >= 0.3 is 0 Å². The first kappa shape index (κ1) is 11.4. The van der Waals surface area contributed by atoms with Crippen molar-refractivity contribution in [3.8, 4) is 0 Å². The summed E-state index contributed by atoms with van der Waals surface area (Å²) in [4.78, 5) is 0. The second-order valence-corrected chi connectivity index (χ2v) is 6.25. The lowest BCUT2D eigenvalue weighted by Gasteiger charge is -2.31. The molecule has 1 unspecified atom stereocenters. The average Bonchev–Trinajstić information content (AvgIpc) is 2.18. The highest BCUT2D eigenvalue weighted by Crippen LogP contribution is 2.13. The van der Waals surface area contributed by atoms with Crippen LogP contribution in [-0.2, 0) is 14.8 Å². The number of rotatable bonds is 3. The average molecular weight is 272 g/mol. The molecule has 1 aliphatic heterocycles. The van der Waals surface area contributed by atoms with Crippen molar-refractivity contribution in [3.63, 3.8) is 0 Å². The first-order valence-corrected chi connectivity index (χ1v) is 6.98. The Labute approximate surface area is 87.4 Å². The van der Waals surface area contributed by atoms with Crippen LogP contribution in [0.1, 0.15) is 13.3 Å². The molecule has 0 aromatic heterocycles. The van der Waals surface area contributed by atoms with Crippen molar-refractivity contribution in [1.29, 1.82) is 0 Å². The molecule has 1 atom stereocenters. The van der Waals surface area contributed by atoms with E-state index >= 15 is 0 Å². The Balaban J connectivity index is 2.61. The topological polar surface area (TPSA) is 46.6 Å². The highest BCUT2D eigenvalue weighted by atomic mass is 79.9. The third-order valence-corrected chi connectivity index (χ3v) is 5.22. The van der Waals surface area contributed by atoms with Crippen LogP contribution in [0.15, 0.2) is 0 Å². The van der Waals surface area contributed by atoms with Gasteiger partial charge in [0, 0.05) is 13.1 Å². The molecule has 1 heterocycles. The van der Waals surface area contributed by atoms with Crippen molar-refractivity contribution in [2.45, 2.75) is 19.4 Å². The van der Waals surface area contributed by atoms with Crippen LogP contribution in [0.2, 0.25) is 0 Å². The number of ether oxygens (including phenoxy) is 1. The van der Waals surface area contributed by atoms with Crippen LogP contribution in [0.3, 0.4) is 0 Å². The van der Waals surface area contributed by atoms with E-state index in [-0.39, 0.29) is 10.8 Å². The third kappa shape index (κ3) is 2.90. The maximum absolute atomic E-state index is 11.4. The Bertz CT molecular complexity index is 254. The second kappa shape index (κ2) is 4.72. The lowest BCUT2D eigenvalue weighted by Crippen LogP contribution is -2.45. The molecule has 0 saturated carbocycles. The first-order chi connectivity index (χ1) is 6.10. The Morgan fingerprint density at radius 3 is 2.85 bits per heavy atom. The van der Waals surface area contributed by atoms with Gasteiger partial charge in [-0.05, 0) is 6.42 Å². The van der Waals surface area contributed by atoms with Crippen molar-refractivity contribution >= 4 is 26.0 Å². The molecule has 0 amide bonds. The van der Waals surface area contributed by atoms with E-state index in [0.29, 0.717) is 19.7 Å². The number of morpholine rings is 1. The molecule has 78 valence electrons. The van der Waals surface area contributed by atoms with Gasteiger partial charge in [-0.3, -0.25) is 0 Å². The van der Waals surface area contributed by atoms with E-state index in [1.165, 1.54) is 4.31 Å². The van der Waals surface area contributed by atoms with Gasteiger partial charge in [0.1, 0.15) is 4.66 Å². The van der Waals surface area contributed by atoms with Gasteiger partial charge in [-0.15, -0.1) is 0 Å². The minimum atomic E-state index is -3.09. The normalized spacial score (nSPS) is 26.2. The smallest absolute Gasteiger partial charge is 0.224 e. The molecule has 0 aromatic carbocycles. The minimum absolute atomic E-state index is 0.00354. The highest BCUT2D eigenvalue weighted by Gasteiger charge is 2.27. The van der Waals surface area contributed by atoms with Crippen LogP contribution in [0.25, 0.3) is 0 Å². The summed E-state index contributed by atoms with van der Waals surface area (Å²) in [5.74, 6) is 0. The van der Waals surface area contributed by atoms with Crippen molar-refractivity contribution < 1.29 is 13.2 Å². The molecular formula is C7H14BrNO3S. The fourth-order valence-electron chi connectivity index (χ4n) is 1.26. The molecule has 0 N–H and O–H groups in total. The van der Waals surface area contributed by atoms with Crippen molar-refractivity contribution in [2.24, 2.45) is 0 Å². The molecule has 1 aliphatic rings. The fourth-order valence-corrected chi connectivity index (χ4v) is 3.01. The molecule has 6 heteroatoms. The third-order valence-electron chi connectivity index (χ3n) is 2.09. The summed E-state index contributed by atoms with van der Waals surface area (Å²) < 4.78 is 29.7. The first-order valence-electron chi connectivity index (χ1n) is 4.25. The van der Waals surface area contributed by atoms with E-state index in [9.17, 15) is 8.42 Å². The summed E-state index contributed by atoms with van der Waals surface area (Å²) in [6.07, 6.45) is 0.913. The van der Waals surface area contributed by atoms with E-state index in [4.69, 9.17) is 4.74 Å². The standard InChI is InChI=1S/C7H14BrNO3S/c1-2-7-5-9(3-4-12-7)13(10,11)6-8/h7H,2-6H2,1H3. The van der Waals surface area contributed by atoms with E-state index < -0.39 is 10.0 Å². The number of hydrogen-bond donors (Lipinski definition) is 0. The van der Waals surface area contributed by atoms with Gasteiger partial charge in [0.25, 0.3) is 0 Å². The molecule has 1 fully saturated rings. The van der Waals surface area contributed by atoms with E-state index in [2.05, 4.69) is 15.9 Å². The van der Waals surface area contributed by atoms with Crippen molar-refractivity contribution in [1.82, 2.24) is 4.31 Å². The Morgan fingerprint density at radius 2 is 2.31 bits per heavy atom. The van der Waals surface area contributed by atoms with E-state index in [1.807, 2.05) is 6.92 Å². The number of halogens is 1. The fraction of sp³-hybridized carbons (Fsp3) is 1.00. The number of hydrogen-bond acceptors (Lipinski definition) is 3. The van der Waals surface area contributed by atoms with Gasteiger partial charge in [-0.25, -0.2) is 8.42 Å². The quantitative estimate of drug-likeness (QED) is 0.713. The summed E-state index contributed by atoms with van der Waals surface area (Å²) in [6, 6.07) is 0. The number of nitrogens with zero attached hydrogens (tertiary/aromatic N) is 1. The van der Waals surface area contributed by atoms with Gasteiger partial charge in [0.2, 0.25) is 10.0 Å². The predicted octanol–water partition coefficient (Wildman–Crippen LogP) is 0.779. The van der Waals surface area contributed by atoms with Crippen LogP contribution in [-0.4, -0.2) is 43.2 Å². The van der Waals surface area contributed by atoms with Crippen molar-refractivity contribution in [3.05, 3.63) is 0 Å². The molecule has 0 spiro atoms. The second-order valence-electron chi connectivity index (χ2n) is 2.98. The van der Waals surface area contributed by atoms with Gasteiger partial charge in [0.15, 0.2) is 0 Å². The Hall–Kier alpha value is 0.350. The molecule has 4 nitrogen and oxygen atoms in total. The van der Waals surface area contributed by atoms with Gasteiger partial charge in [-0.2, -0.15) is 4.31 Å². The molecule has 0 bridgehead atoms. The molecule has 1 rings (SSSR count). The maximum atomic E-state index is 11.4. The summed E-state index contributed by atoms with van der Waals surface area (Å²) in [5.41, 5.74) is 0. The zero-order valence-electron chi connectivity index (χ0n) is 7.57. The predicted molar refractivity (Wildman–Crippen MR) is 54.3 cm³/mol. The number of alkyl halides is 1. The molecular weight excluding hydrogens is 258 g/mol. The van der Waals surface area contributed by atoms with Gasteiger partial charge in [-0.1, -0.05) is 22.9 Å². The van der Waals surface area contributed by atoms with E-state index in [1.54, 1.807) is 0 Å². The maximum Gasteiger partial charge on any atom is 0.224 e. The van der Waals surface area contributed by atoms with Crippen LogP contribution in [0.4, 0.5) is 0 Å². The zero-order chi connectivity index (χ0) is 9.90. The molecule has 1 saturated heterocycles. The van der Waals surface area contributed by atoms with Crippen LogP contribution in [0, 0.1) is 0 Å². The van der Waals surface area contributed by atoms with E-state index in [0.717, 1.165) is 6.42 Å². The largest absolute Gasteiger partial charge is 0.375 e. The summed E-state index contributed by atoms with van der Waals surface area (Å²) in [7, 11) is -3.09. The molecule has 0 aromatic rings. The number of sulfonamides is 1. The highest BCUT2D eigenvalue weighted by molar-refractivity contribution is 9.10. The monoisotopic (exact) mass is 271 g/mol. The zero-order valence-corrected chi connectivity index (χ0v) is 9.97. The van der Waals surface area contributed by atoms with Gasteiger partial charge in [0.05, 0.1) is 12.7 Å². The molecule has 0 aliphatic carbocycles. The molecule has 13 heavy (non-hydrogen) atoms. The summed E-state index contributed by atoms with van der Waals surface area (Å²) >= 11 is 2.98. The SMILES string of the molecule is CCC1CN(S(=O)(=O)CBr)CCO1.